The van der Waals surface area contributed by atoms with E-state index in [0.717, 1.165) is 36.8 Å². The second-order valence-corrected chi connectivity index (χ2v) is 9.42. The molecule has 33 heavy (non-hydrogen) atoms. The summed E-state index contributed by atoms with van der Waals surface area (Å²) >= 11 is 0. The minimum absolute atomic E-state index is 0.417. The molecule has 2 aromatic rings. The molecule has 1 heterocycles. The van der Waals surface area contributed by atoms with Gasteiger partial charge in [0.05, 0.1) is 6.07 Å². The van der Waals surface area contributed by atoms with Gasteiger partial charge >= 0.3 is 5.97 Å². The van der Waals surface area contributed by atoms with Crippen LogP contribution < -0.4 is 4.74 Å². The van der Waals surface area contributed by atoms with Crippen LogP contribution in [0.15, 0.2) is 36.7 Å². The Kier molecular flexibility index (Phi) is 9.42. The number of hydrogen-bond acceptors (Lipinski definition) is 5. The molecule has 0 radical (unpaired) electrons. The Morgan fingerprint density at radius 2 is 1.70 bits per heavy atom. The average Bonchev–Trinajstić information content (AvgIpc) is 2.85. The van der Waals surface area contributed by atoms with Gasteiger partial charge in [-0.3, -0.25) is 0 Å². The maximum Gasteiger partial charge on any atom is 0.331 e. The summed E-state index contributed by atoms with van der Waals surface area (Å²) in [7, 11) is 0. The molecule has 1 saturated carbocycles. The van der Waals surface area contributed by atoms with E-state index >= 15 is 0 Å². The molecular formula is C28H37N3O2. The second-order valence-electron chi connectivity index (χ2n) is 9.42. The Balaban J connectivity index is 1.53. The maximum atomic E-state index is 12.9. The van der Waals surface area contributed by atoms with Crippen molar-refractivity contribution in [1.29, 1.82) is 5.26 Å². The lowest BCUT2D eigenvalue weighted by molar-refractivity contribution is -0.144. The SMILES string of the molecule is CCCCCCC[C@H]1CC[C@@](C#N)(C(=O)Oc2ccc(-c3ncc(CCC)cn3)cc2)CC1. The minimum atomic E-state index is -1.02. The quantitative estimate of drug-likeness (QED) is 0.209. The summed E-state index contributed by atoms with van der Waals surface area (Å²) in [6.07, 6.45) is 16.4. The van der Waals surface area contributed by atoms with Gasteiger partial charge in [-0.2, -0.15) is 5.26 Å². The molecule has 1 aromatic carbocycles. The summed E-state index contributed by atoms with van der Waals surface area (Å²) in [6.45, 7) is 4.36. The number of aryl methyl sites for hydroxylation is 1. The smallest absolute Gasteiger partial charge is 0.331 e. The summed E-state index contributed by atoms with van der Waals surface area (Å²) < 4.78 is 5.65. The fraction of sp³-hybridized carbons (Fsp3) is 0.571. The third-order valence-corrected chi connectivity index (χ3v) is 6.85. The van der Waals surface area contributed by atoms with Crippen LogP contribution in [0.4, 0.5) is 0 Å². The van der Waals surface area contributed by atoms with Crippen molar-refractivity contribution in [2.75, 3.05) is 0 Å². The van der Waals surface area contributed by atoms with E-state index in [2.05, 4.69) is 29.9 Å². The number of benzene rings is 1. The van der Waals surface area contributed by atoms with Crippen LogP contribution in [0.5, 0.6) is 5.75 Å². The second kappa shape index (κ2) is 12.5. The molecule has 1 fully saturated rings. The van der Waals surface area contributed by atoms with E-state index in [4.69, 9.17) is 4.74 Å². The number of esters is 1. The van der Waals surface area contributed by atoms with Gasteiger partial charge in [-0.15, -0.1) is 0 Å². The molecule has 3 rings (SSSR count). The Hall–Kier alpha value is -2.74. The zero-order chi connectivity index (χ0) is 23.5. The highest BCUT2D eigenvalue weighted by atomic mass is 16.5. The van der Waals surface area contributed by atoms with E-state index in [9.17, 15) is 10.1 Å². The molecular weight excluding hydrogens is 410 g/mol. The molecule has 0 saturated heterocycles. The molecule has 0 aliphatic heterocycles. The van der Waals surface area contributed by atoms with E-state index in [1.165, 1.54) is 38.5 Å². The molecule has 1 aliphatic carbocycles. The lowest BCUT2D eigenvalue weighted by Gasteiger charge is -2.33. The van der Waals surface area contributed by atoms with E-state index in [1.54, 1.807) is 12.1 Å². The Bertz CT molecular complexity index is 908. The number of unbranched alkanes of at least 4 members (excludes halogenated alkanes) is 4. The summed E-state index contributed by atoms with van der Waals surface area (Å²) in [5.74, 6) is 1.32. The number of carbonyl (C=O) groups excluding carboxylic acids is 1. The first kappa shape index (κ1) is 24.9. The number of hydrogen-bond donors (Lipinski definition) is 0. The number of aromatic nitrogens is 2. The third kappa shape index (κ3) is 6.87. The van der Waals surface area contributed by atoms with Crippen molar-refractivity contribution < 1.29 is 9.53 Å². The zero-order valence-corrected chi connectivity index (χ0v) is 20.2. The van der Waals surface area contributed by atoms with Gasteiger partial charge in [0.15, 0.2) is 11.2 Å². The number of carbonyl (C=O) groups is 1. The Morgan fingerprint density at radius 3 is 2.30 bits per heavy atom. The van der Waals surface area contributed by atoms with Crippen molar-refractivity contribution in [3.63, 3.8) is 0 Å². The van der Waals surface area contributed by atoms with Crippen molar-refractivity contribution in [3.05, 3.63) is 42.2 Å². The molecule has 0 bridgehead atoms. The molecule has 1 aliphatic rings. The largest absolute Gasteiger partial charge is 0.425 e. The van der Waals surface area contributed by atoms with Crippen LogP contribution in [0.1, 0.15) is 90.0 Å². The number of nitrogens with zero attached hydrogens (tertiary/aromatic N) is 3. The molecule has 1 aromatic heterocycles. The van der Waals surface area contributed by atoms with Crippen LogP contribution in [-0.4, -0.2) is 15.9 Å². The summed E-state index contributed by atoms with van der Waals surface area (Å²) in [5, 5.41) is 9.84. The summed E-state index contributed by atoms with van der Waals surface area (Å²) in [4.78, 5) is 21.8. The van der Waals surface area contributed by atoms with Gasteiger partial charge in [0.2, 0.25) is 0 Å². The van der Waals surface area contributed by atoms with E-state index in [0.29, 0.717) is 30.3 Å². The fourth-order valence-corrected chi connectivity index (χ4v) is 4.66. The Morgan fingerprint density at radius 1 is 1.03 bits per heavy atom. The third-order valence-electron chi connectivity index (χ3n) is 6.85. The first-order valence-corrected chi connectivity index (χ1v) is 12.6. The normalized spacial score (nSPS) is 20.2. The van der Waals surface area contributed by atoms with Gasteiger partial charge in [0.1, 0.15) is 5.75 Å². The van der Waals surface area contributed by atoms with Crippen LogP contribution in [0.25, 0.3) is 11.4 Å². The van der Waals surface area contributed by atoms with Crippen LogP contribution in [0.2, 0.25) is 0 Å². The van der Waals surface area contributed by atoms with E-state index in [-0.39, 0.29) is 0 Å². The van der Waals surface area contributed by atoms with Crippen molar-refractivity contribution in [2.24, 2.45) is 11.3 Å². The van der Waals surface area contributed by atoms with Gasteiger partial charge < -0.3 is 4.74 Å². The van der Waals surface area contributed by atoms with Crippen LogP contribution in [-0.2, 0) is 11.2 Å². The van der Waals surface area contributed by atoms with E-state index < -0.39 is 11.4 Å². The van der Waals surface area contributed by atoms with Gasteiger partial charge in [0, 0.05) is 18.0 Å². The first-order chi connectivity index (χ1) is 16.1. The van der Waals surface area contributed by atoms with Gasteiger partial charge in [-0.25, -0.2) is 14.8 Å². The van der Waals surface area contributed by atoms with Gasteiger partial charge in [0.25, 0.3) is 0 Å². The van der Waals surface area contributed by atoms with E-state index in [1.807, 2.05) is 24.5 Å². The van der Waals surface area contributed by atoms with Crippen molar-refractivity contribution in [3.8, 4) is 23.2 Å². The predicted octanol–water partition coefficient (Wildman–Crippen LogP) is 7.06. The zero-order valence-electron chi connectivity index (χ0n) is 20.2. The monoisotopic (exact) mass is 447 g/mol. The predicted molar refractivity (Wildman–Crippen MR) is 130 cm³/mol. The topological polar surface area (TPSA) is 75.9 Å². The highest BCUT2D eigenvalue weighted by molar-refractivity contribution is 5.82. The highest BCUT2D eigenvalue weighted by Gasteiger charge is 2.43. The molecule has 0 atom stereocenters. The molecule has 5 heteroatoms. The van der Waals surface area contributed by atoms with Crippen molar-refractivity contribution in [2.45, 2.75) is 90.9 Å². The van der Waals surface area contributed by atoms with Gasteiger partial charge in [-0.1, -0.05) is 58.8 Å². The van der Waals surface area contributed by atoms with Crippen LogP contribution in [0.3, 0.4) is 0 Å². The number of rotatable bonds is 11. The lowest BCUT2D eigenvalue weighted by Crippen LogP contribution is -2.37. The number of ether oxygens (including phenoxy) is 1. The molecule has 0 spiro atoms. The van der Waals surface area contributed by atoms with Crippen molar-refractivity contribution >= 4 is 5.97 Å². The number of nitriles is 1. The standard InChI is InChI=1S/C28H37N3O2/c1-3-5-6-7-8-10-22-15-17-28(21-29,18-16-22)27(32)33-25-13-11-24(12-14-25)26-30-19-23(9-4-2)20-31-26/h11-14,19-20,22H,3-10,15-18H2,1-2H3/t22-,28+. The van der Waals surface area contributed by atoms with Crippen molar-refractivity contribution in [1.82, 2.24) is 9.97 Å². The summed E-state index contributed by atoms with van der Waals surface area (Å²) in [5.41, 5.74) is 0.974. The molecule has 5 nitrogen and oxygen atoms in total. The highest BCUT2D eigenvalue weighted by Crippen LogP contribution is 2.41. The lowest BCUT2D eigenvalue weighted by atomic mass is 9.70. The fourth-order valence-electron chi connectivity index (χ4n) is 4.66. The molecule has 0 unspecified atom stereocenters. The summed E-state index contributed by atoms with van der Waals surface area (Å²) in [6, 6.07) is 9.51. The molecule has 0 N–H and O–H groups in total. The van der Waals surface area contributed by atoms with Crippen LogP contribution >= 0.6 is 0 Å². The Labute approximate surface area is 198 Å². The molecule has 176 valence electrons. The average molecular weight is 448 g/mol. The maximum absolute atomic E-state index is 12.9. The van der Waals surface area contributed by atoms with Crippen LogP contribution in [0, 0.1) is 22.7 Å². The first-order valence-electron chi connectivity index (χ1n) is 12.6. The van der Waals surface area contributed by atoms with Gasteiger partial charge in [-0.05, 0) is 67.9 Å². The molecule has 0 amide bonds. The minimum Gasteiger partial charge on any atom is -0.425 e.